The number of pyridine rings is 2. The predicted molar refractivity (Wildman–Crippen MR) is 109 cm³/mol. The average molecular weight is 358 g/mol. The molecule has 0 aliphatic heterocycles. The standard InChI is InChI=1S/C21H22N6/c1-2-7-18(22)27-20(15-10-6-13-24-19(15)23)26-17-12-11-16(25-21(17)27)14-8-4-3-5-9-14/h2-6,8,10-14,18H,1,7,9,22H2,(H2,23,24). The number of nitrogens with zero attached hydrogens (tertiary/aromatic N) is 4. The number of fused-ring (bicyclic) bond motifs is 1. The predicted octanol–water partition coefficient (Wildman–Crippen LogP) is 3.71. The van der Waals surface area contributed by atoms with Crippen LogP contribution in [-0.2, 0) is 0 Å². The second-order valence-corrected chi connectivity index (χ2v) is 6.57. The van der Waals surface area contributed by atoms with Crippen LogP contribution in [0.4, 0.5) is 5.82 Å². The lowest BCUT2D eigenvalue weighted by Gasteiger charge is -2.17. The Bertz CT molecular complexity index is 1050. The minimum Gasteiger partial charge on any atom is -0.383 e. The topological polar surface area (TPSA) is 95.6 Å². The maximum absolute atomic E-state index is 6.46. The fourth-order valence-corrected chi connectivity index (χ4v) is 3.38. The Morgan fingerprint density at radius 1 is 1.26 bits per heavy atom. The third kappa shape index (κ3) is 3.15. The number of anilines is 1. The van der Waals surface area contributed by atoms with Gasteiger partial charge in [0.2, 0.25) is 0 Å². The summed E-state index contributed by atoms with van der Waals surface area (Å²) in [5.74, 6) is 1.35. The van der Waals surface area contributed by atoms with Gasteiger partial charge in [0.15, 0.2) is 5.65 Å². The molecule has 3 aromatic heterocycles. The van der Waals surface area contributed by atoms with Crippen LogP contribution < -0.4 is 11.5 Å². The Balaban J connectivity index is 1.91. The van der Waals surface area contributed by atoms with E-state index in [4.69, 9.17) is 21.4 Å². The second-order valence-electron chi connectivity index (χ2n) is 6.57. The Morgan fingerprint density at radius 3 is 2.89 bits per heavy atom. The van der Waals surface area contributed by atoms with E-state index >= 15 is 0 Å². The van der Waals surface area contributed by atoms with E-state index in [1.807, 2.05) is 28.8 Å². The Kier molecular flexibility index (Phi) is 4.56. The molecule has 0 bridgehead atoms. The number of nitrogens with two attached hydrogens (primary N) is 2. The molecule has 0 spiro atoms. The van der Waals surface area contributed by atoms with Crippen LogP contribution >= 0.6 is 0 Å². The largest absolute Gasteiger partial charge is 0.383 e. The van der Waals surface area contributed by atoms with Crippen molar-refractivity contribution >= 4 is 17.0 Å². The first-order valence-corrected chi connectivity index (χ1v) is 8.98. The first-order chi connectivity index (χ1) is 13.2. The summed E-state index contributed by atoms with van der Waals surface area (Å²) in [5, 5.41) is 0. The Labute approximate surface area is 158 Å². The van der Waals surface area contributed by atoms with Crippen LogP contribution in [0.5, 0.6) is 0 Å². The molecule has 4 rings (SSSR count). The van der Waals surface area contributed by atoms with E-state index in [0.717, 1.165) is 28.8 Å². The normalized spacial score (nSPS) is 17.3. The summed E-state index contributed by atoms with van der Waals surface area (Å²) < 4.78 is 1.94. The zero-order valence-corrected chi connectivity index (χ0v) is 15.0. The molecule has 136 valence electrons. The van der Waals surface area contributed by atoms with Gasteiger partial charge in [-0.05, 0) is 37.1 Å². The molecule has 4 N–H and O–H groups in total. The first-order valence-electron chi connectivity index (χ1n) is 8.98. The summed E-state index contributed by atoms with van der Waals surface area (Å²) in [6, 6.07) is 7.77. The smallest absolute Gasteiger partial charge is 0.161 e. The van der Waals surface area contributed by atoms with Crippen molar-refractivity contribution in [2.24, 2.45) is 5.73 Å². The summed E-state index contributed by atoms with van der Waals surface area (Å²) in [6.07, 6.45) is 13.1. The monoisotopic (exact) mass is 358 g/mol. The van der Waals surface area contributed by atoms with Gasteiger partial charge in [-0.1, -0.05) is 30.4 Å². The highest BCUT2D eigenvalue weighted by atomic mass is 15.2. The first kappa shape index (κ1) is 17.2. The fraction of sp³-hybridized carbons (Fsp3) is 0.190. The van der Waals surface area contributed by atoms with E-state index in [1.165, 1.54) is 0 Å². The summed E-state index contributed by atoms with van der Waals surface area (Å²) in [5.41, 5.74) is 15.8. The van der Waals surface area contributed by atoms with E-state index in [1.54, 1.807) is 12.3 Å². The molecule has 0 fully saturated rings. The zero-order valence-electron chi connectivity index (χ0n) is 15.0. The van der Waals surface area contributed by atoms with Crippen molar-refractivity contribution in [3.8, 4) is 11.4 Å². The highest BCUT2D eigenvalue weighted by molar-refractivity contribution is 5.80. The number of aromatic nitrogens is 4. The molecule has 3 aromatic rings. The van der Waals surface area contributed by atoms with Gasteiger partial charge in [-0.2, -0.15) is 0 Å². The van der Waals surface area contributed by atoms with Gasteiger partial charge in [-0.15, -0.1) is 6.58 Å². The third-order valence-corrected chi connectivity index (χ3v) is 4.74. The van der Waals surface area contributed by atoms with Gasteiger partial charge in [-0.3, -0.25) is 4.57 Å². The van der Waals surface area contributed by atoms with Crippen molar-refractivity contribution in [2.45, 2.75) is 24.9 Å². The van der Waals surface area contributed by atoms with Crippen LogP contribution in [0.25, 0.3) is 22.6 Å². The van der Waals surface area contributed by atoms with Crippen molar-refractivity contribution in [3.63, 3.8) is 0 Å². The van der Waals surface area contributed by atoms with Crippen LogP contribution in [0.3, 0.4) is 0 Å². The van der Waals surface area contributed by atoms with Crippen LogP contribution in [0.1, 0.15) is 30.6 Å². The van der Waals surface area contributed by atoms with E-state index < -0.39 is 0 Å². The lowest BCUT2D eigenvalue weighted by molar-refractivity contribution is 0.544. The lowest BCUT2D eigenvalue weighted by atomic mass is 9.97. The molecule has 1 aliphatic rings. The maximum atomic E-state index is 6.46. The SMILES string of the molecule is C=CCC(N)n1c(-c2cccnc2N)nc2ccc(C3C=CC=CC3)nc21. The molecule has 27 heavy (non-hydrogen) atoms. The Morgan fingerprint density at radius 2 is 2.15 bits per heavy atom. The number of nitrogen functional groups attached to an aromatic ring is 1. The van der Waals surface area contributed by atoms with E-state index in [2.05, 4.69) is 35.9 Å². The van der Waals surface area contributed by atoms with Gasteiger partial charge in [0.05, 0.1) is 17.4 Å². The van der Waals surface area contributed by atoms with Crippen LogP contribution in [0.15, 0.2) is 67.4 Å². The molecular formula is C21H22N6. The van der Waals surface area contributed by atoms with Gasteiger partial charge in [0, 0.05) is 12.1 Å². The van der Waals surface area contributed by atoms with Gasteiger partial charge in [-0.25, -0.2) is 15.0 Å². The minimum atomic E-state index is -0.341. The van der Waals surface area contributed by atoms with E-state index in [9.17, 15) is 0 Å². The fourth-order valence-electron chi connectivity index (χ4n) is 3.38. The van der Waals surface area contributed by atoms with Crippen LogP contribution in [-0.4, -0.2) is 19.5 Å². The van der Waals surface area contributed by atoms with Crippen molar-refractivity contribution < 1.29 is 0 Å². The molecule has 0 saturated heterocycles. The molecule has 0 saturated carbocycles. The van der Waals surface area contributed by atoms with Crippen molar-refractivity contribution in [2.75, 3.05) is 5.73 Å². The molecular weight excluding hydrogens is 336 g/mol. The Hall–Kier alpha value is -3.25. The number of imidazole rings is 1. The molecule has 0 aromatic carbocycles. The van der Waals surface area contributed by atoms with Gasteiger partial charge in [0.25, 0.3) is 0 Å². The number of hydrogen-bond acceptors (Lipinski definition) is 5. The summed E-state index contributed by atoms with van der Waals surface area (Å²) in [7, 11) is 0. The molecule has 0 radical (unpaired) electrons. The van der Waals surface area contributed by atoms with Crippen molar-refractivity contribution in [3.05, 3.63) is 73.1 Å². The zero-order chi connectivity index (χ0) is 18.8. The van der Waals surface area contributed by atoms with Crippen molar-refractivity contribution in [1.82, 2.24) is 19.5 Å². The highest BCUT2D eigenvalue weighted by Gasteiger charge is 2.21. The molecule has 2 atom stereocenters. The lowest BCUT2D eigenvalue weighted by Crippen LogP contribution is -2.19. The summed E-state index contributed by atoms with van der Waals surface area (Å²) >= 11 is 0. The van der Waals surface area contributed by atoms with E-state index in [0.29, 0.717) is 18.1 Å². The number of rotatable bonds is 5. The maximum Gasteiger partial charge on any atom is 0.161 e. The summed E-state index contributed by atoms with van der Waals surface area (Å²) in [4.78, 5) is 13.9. The van der Waals surface area contributed by atoms with E-state index in [-0.39, 0.29) is 12.1 Å². The number of allylic oxidation sites excluding steroid dienone is 4. The molecule has 2 unspecified atom stereocenters. The van der Waals surface area contributed by atoms with Gasteiger partial charge < -0.3 is 11.5 Å². The van der Waals surface area contributed by atoms with Crippen molar-refractivity contribution in [1.29, 1.82) is 0 Å². The minimum absolute atomic E-state index is 0.255. The molecule has 1 aliphatic carbocycles. The molecule has 0 amide bonds. The molecule has 6 heteroatoms. The van der Waals surface area contributed by atoms with Gasteiger partial charge >= 0.3 is 0 Å². The van der Waals surface area contributed by atoms with Crippen LogP contribution in [0, 0.1) is 0 Å². The quantitative estimate of drug-likeness (QED) is 0.678. The average Bonchev–Trinajstić information content (AvgIpc) is 3.07. The molecule has 6 nitrogen and oxygen atoms in total. The van der Waals surface area contributed by atoms with Crippen LogP contribution in [0.2, 0.25) is 0 Å². The summed E-state index contributed by atoms with van der Waals surface area (Å²) in [6.45, 7) is 3.81. The van der Waals surface area contributed by atoms with Gasteiger partial charge in [0.1, 0.15) is 17.2 Å². The number of hydrogen-bond donors (Lipinski definition) is 2. The highest BCUT2D eigenvalue weighted by Crippen LogP contribution is 2.31. The molecule has 3 heterocycles. The second kappa shape index (κ2) is 7.17. The third-order valence-electron chi connectivity index (χ3n) is 4.74.